The van der Waals surface area contributed by atoms with Gasteiger partial charge in [0.2, 0.25) is 0 Å². The van der Waals surface area contributed by atoms with Crippen LogP contribution in [0.3, 0.4) is 0 Å². The molecule has 116 valence electrons. The summed E-state index contributed by atoms with van der Waals surface area (Å²) in [7, 11) is 0. The van der Waals surface area contributed by atoms with Crippen LogP contribution in [0.5, 0.6) is 0 Å². The van der Waals surface area contributed by atoms with Gasteiger partial charge >= 0.3 is 0 Å². The maximum absolute atomic E-state index is 12.6. The van der Waals surface area contributed by atoms with E-state index in [1.807, 2.05) is 0 Å². The zero-order chi connectivity index (χ0) is 15.4. The highest BCUT2D eigenvalue weighted by Gasteiger charge is 2.60. The summed E-state index contributed by atoms with van der Waals surface area (Å²) >= 11 is 1.68. The Bertz CT molecular complexity index is 534. The van der Waals surface area contributed by atoms with Gasteiger partial charge in [-0.15, -0.1) is 11.3 Å². The lowest BCUT2D eigenvalue weighted by molar-refractivity contribution is -0.0663. The molecule has 0 aliphatic heterocycles. The topological polar surface area (TPSA) is 55.1 Å². The van der Waals surface area contributed by atoms with Gasteiger partial charge in [0, 0.05) is 27.8 Å². The molecule has 1 aromatic heterocycles. The molecule has 3 rings (SSSR count). The highest BCUT2D eigenvalue weighted by Crippen LogP contribution is 2.52. The van der Waals surface area contributed by atoms with Gasteiger partial charge in [-0.05, 0) is 37.3 Å². The molecule has 1 saturated carbocycles. The van der Waals surface area contributed by atoms with Crippen LogP contribution in [0.15, 0.2) is 6.07 Å². The molecule has 0 spiro atoms. The number of hydrogen-bond acceptors (Lipinski definition) is 3. The highest BCUT2D eigenvalue weighted by molar-refractivity contribution is 7.14. The number of thiophene rings is 1. The summed E-state index contributed by atoms with van der Waals surface area (Å²) in [5.41, 5.74) is 7.57. The van der Waals surface area contributed by atoms with Crippen molar-refractivity contribution in [2.75, 3.05) is 0 Å². The standard InChI is InChI=1S/C17H26N2OS/c1-16(2)14(18)17(3,4)15(16)19-13(20)12-9-10-7-5-6-8-11(10)21-12/h9,14-15H,5-8,18H2,1-4H3,(H,19,20). The summed E-state index contributed by atoms with van der Waals surface area (Å²) < 4.78 is 0. The van der Waals surface area contributed by atoms with Gasteiger partial charge in [-0.2, -0.15) is 0 Å². The molecular weight excluding hydrogens is 280 g/mol. The first-order valence-electron chi connectivity index (χ1n) is 7.92. The third-order valence-electron chi connectivity index (χ3n) is 5.59. The number of hydrogen-bond donors (Lipinski definition) is 2. The van der Waals surface area contributed by atoms with E-state index >= 15 is 0 Å². The second-order valence-electron chi connectivity index (χ2n) is 7.79. The number of nitrogens with one attached hydrogen (secondary N) is 1. The third-order valence-corrected chi connectivity index (χ3v) is 6.82. The number of amides is 1. The van der Waals surface area contributed by atoms with Crippen molar-refractivity contribution in [3.8, 4) is 0 Å². The summed E-state index contributed by atoms with van der Waals surface area (Å²) in [6.45, 7) is 8.58. The second kappa shape index (κ2) is 4.82. The highest BCUT2D eigenvalue weighted by atomic mass is 32.1. The van der Waals surface area contributed by atoms with E-state index < -0.39 is 0 Å². The number of rotatable bonds is 2. The number of fused-ring (bicyclic) bond motifs is 1. The van der Waals surface area contributed by atoms with Crippen LogP contribution in [0.4, 0.5) is 0 Å². The van der Waals surface area contributed by atoms with E-state index in [0.29, 0.717) is 0 Å². The van der Waals surface area contributed by atoms with Gasteiger partial charge in [-0.3, -0.25) is 4.79 Å². The van der Waals surface area contributed by atoms with Crippen LogP contribution < -0.4 is 11.1 Å². The molecule has 21 heavy (non-hydrogen) atoms. The van der Waals surface area contributed by atoms with Gasteiger partial charge in [0.1, 0.15) is 0 Å². The summed E-state index contributed by atoms with van der Waals surface area (Å²) in [6.07, 6.45) is 4.78. The van der Waals surface area contributed by atoms with Crippen molar-refractivity contribution >= 4 is 17.2 Å². The monoisotopic (exact) mass is 306 g/mol. The molecule has 1 amide bonds. The Morgan fingerprint density at radius 2 is 1.86 bits per heavy atom. The molecule has 1 aromatic rings. The van der Waals surface area contributed by atoms with E-state index in [1.54, 1.807) is 11.3 Å². The Balaban J connectivity index is 1.76. The minimum atomic E-state index is -0.0456. The molecule has 3 N–H and O–H groups in total. The Labute approximate surface area is 131 Å². The van der Waals surface area contributed by atoms with Gasteiger partial charge in [0.05, 0.1) is 4.88 Å². The molecule has 3 nitrogen and oxygen atoms in total. The van der Waals surface area contributed by atoms with Crippen LogP contribution in [0.25, 0.3) is 0 Å². The lowest BCUT2D eigenvalue weighted by Gasteiger charge is -2.62. The quantitative estimate of drug-likeness (QED) is 0.882. The Morgan fingerprint density at radius 3 is 2.48 bits per heavy atom. The number of aryl methyl sites for hydroxylation is 2. The van der Waals surface area contributed by atoms with Crippen LogP contribution in [0, 0.1) is 10.8 Å². The number of carbonyl (C=O) groups excluding carboxylic acids is 1. The van der Waals surface area contributed by atoms with Crippen LogP contribution in [-0.4, -0.2) is 18.0 Å². The fourth-order valence-electron chi connectivity index (χ4n) is 4.36. The molecule has 0 saturated heterocycles. The molecule has 0 bridgehead atoms. The van der Waals surface area contributed by atoms with Crippen molar-refractivity contribution in [2.45, 2.75) is 65.5 Å². The van der Waals surface area contributed by atoms with Crippen LogP contribution >= 0.6 is 11.3 Å². The zero-order valence-electron chi connectivity index (χ0n) is 13.5. The molecule has 4 heteroatoms. The molecule has 1 heterocycles. The van der Waals surface area contributed by atoms with Crippen molar-refractivity contribution in [1.29, 1.82) is 0 Å². The molecule has 1 fully saturated rings. The fraction of sp³-hybridized carbons (Fsp3) is 0.706. The predicted molar refractivity (Wildman–Crippen MR) is 87.8 cm³/mol. The van der Waals surface area contributed by atoms with E-state index in [9.17, 15) is 4.79 Å². The number of nitrogens with two attached hydrogens (primary N) is 1. The summed E-state index contributed by atoms with van der Waals surface area (Å²) in [5.74, 6) is 0.0763. The minimum absolute atomic E-state index is 0.0456. The van der Waals surface area contributed by atoms with Crippen LogP contribution in [-0.2, 0) is 12.8 Å². The Hall–Kier alpha value is -0.870. The average molecular weight is 306 g/mol. The smallest absolute Gasteiger partial charge is 0.261 e. The summed E-state index contributed by atoms with van der Waals surface area (Å²) in [6, 6.07) is 2.35. The van der Waals surface area contributed by atoms with Gasteiger partial charge in [-0.1, -0.05) is 27.7 Å². The molecule has 2 aliphatic rings. The molecule has 0 radical (unpaired) electrons. The predicted octanol–water partition coefficient (Wildman–Crippen LogP) is 3.12. The minimum Gasteiger partial charge on any atom is -0.347 e. The second-order valence-corrected chi connectivity index (χ2v) is 8.93. The largest absolute Gasteiger partial charge is 0.347 e. The van der Waals surface area contributed by atoms with Crippen molar-refractivity contribution in [1.82, 2.24) is 5.32 Å². The van der Waals surface area contributed by atoms with E-state index in [0.717, 1.165) is 17.7 Å². The van der Waals surface area contributed by atoms with Gasteiger partial charge in [-0.25, -0.2) is 0 Å². The first-order valence-corrected chi connectivity index (χ1v) is 8.74. The van der Waals surface area contributed by atoms with E-state index in [2.05, 4.69) is 39.1 Å². The summed E-state index contributed by atoms with van der Waals surface area (Å²) in [5, 5.41) is 3.24. The van der Waals surface area contributed by atoms with Crippen molar-refractivity contribution in [3.05, 3.63) is 21.4 Å². The maximum atomic E-state index is 12.6. The molecule has 0 atom stereocenters. The molecule has 2 aliphatic carbocycles. The van der Waals surface area contributed by atoms with Crippen molar-refractivity contribution < 1.29 is 4.79 Å². The lowest BCUT2D eigenvalue weighted by Crippen LogP contribution is -2.76. The van der Waals surface area contributed by atoms with Crippen LogP contribution in [0.1, 0.15) is 60.6 Å². The average Bonchev–Trinajstić information content (AvgIpc) is 2.87. The zero-order valence-corrected chi connectivity index (χ0v) is 14.3. The van der Waals surface area contributed by atoms with Gasteiger partial charge in [0.15, 0.2) is 0 Å². The first kappa shape index (κ1) is 15.0. The molecule has 0 unspecified atom stereocenters. The maximum Gasteiger partial charge on any atom is 0.261 e. The SMILES string of the molecule is CC1(C)C(N)C(C)(C)C1NC(=O)c1cc2c(s1)CCCC2. The lowest BCUT2D eigenvalue weighted by atomic mass is 9.48. The van der Waals surface area contributed by atoms with Gasteiger partial charge in [0.25, 0.3) is 5.91 Å². The van der Waals surface area contributed by atoms with Crippen LogP contribution in [0.2, 0.25) is 0 Å². The fourth-order valence-corrected chi connectivity index (χ4v) is 5.51. The van der Waals surface area contributed by atoms with Crippen molar-refractivity contribution in [3.63, 3.8) is 0 Å². The van der Waals surface area contributed by atoms with Crippen molar-refractivity contribution in [2.24, 2.45) is 16.6 Å². The Kier molecular flexibility index (Phi) is 3.45. The van der Waals surface area contributed by atoms with Gasteiger partial charge < -0.3 is 11.1 Å². The normalized spacial score (nSPS) is 29.4. The first-order chi connectivity index (χ1) is 9.74. The van der Waals surface area contributed by atoms with E-state index in [-0.39, 0.29) is 28.8 Å². The Morgan fingerprint density at radius 1 is 1.24 bits per heavy atom. The molecule has 0 aromatic carbocycles. The van der Waals surface area contributed by atoms with E-state index in [1.165, 1.54) is 23.3 Å². The molecular formula is C17H26N2OS. The third kappa shape index (κ3) is 2.23. The summed E-state index contributed by atoms with van der Waals surface area (Å²) in [4.78, 5) is 14.9. The van der Waals surface area contributed by atoms with E-state index in [4.69, 9.17) is 5.73 Å². The number of carbonyl (C=O) groups is 1.